The van der Waals surface area contributed by atoms with E-state index in [9.17, 15) is 4.79 Å². The molecular formula is C14H18BrNO2. The lowest BCUT2D eigenvalue weighted by Gasteiger charge is -2.20. The molecule has 2 rings (SSSR count). The Morgan fingerprint density at radius 2 is 1.78 bits per heavy atom. The van der Waals surface area contributed by atoms with Crippen LogP contribution in [0, 0.1) is 20.8 Å². The third-order valence-electron chi connectivity index (χ3n) is 3.84. The monoisotopic (exact) mass is 311 g/mol. The largest absolute Gasteiger partial charge is 0.496 e. The third kappa shape index (κ3) is 1.88. The fourth-order valence-electron chi connectivity index (χ4n) is 2.22. The van der Waals surface area contributed by atoms with Gasteiger partial charge >= 0.3 is 0 Å². The van der Waals surface area contributed by atoms with Crippen LogP contribution in [0.1, 0.15) is 39.9 Å². The normalized spacial score (nSPS) is 16.6. The smallest absolute Gasteiger partial charge is 0.186 e. The maximum absolute atomic E-state index is 12.5. The topological polar surface area (TPSA) is 52.3 Å². The van der Waals surface area contributed by atoms with Crippen molar-refractivity contribution in [3.63, 3.8) is 0 Å². The van der Waals surface area contributed by atoms with E-state index in [1.807, 2.05) is 20.8 Å². The van der Waals surface area contributed by atoms with E-state index in [2.05, 4.69) is 15.9 Å². The zero-order chi connectivity index (χ0) is 13.7. The van der Waals surface area contributed by atoms with Gasteiger partial charge in [0.05, 0.1) is 18.2 Å². The molecule has 0 heterocycles. The summed E-state index contributed by atoms with van der Waals surface area (Å²) in [7, 11) is 1.60. The Morgan fingerprint density at radius 3 is 2.22 bits per heavy atom. The molecule has 0 aliphatic heterocycles. The molecule has 1 fully saturated rings. The maximum atomic E-state index is 12.5. The quantitative estimate of drug-likeness (QED) is 0.873. The molecule has 0 spiro atoms. The molecule has 2 N–H and O–H groups in total. The van der Waals surface area contributed by atoms with E-state index in [1.165, 1.54) is 0 Å². The number of benzene rings is 1. The number of nitrogens with two attached hydrogens (primary N) is 1. The van der Waals surface area contributed by atoms with Crippen molar-refractivity contribution in [1.82, 2.24) is 0 Å². The summed E-state index contributed by atoms with van der Waals surface area (Å²) in [6.45, 7) is 5.90. The number of methoxy groups -OCH3 is 1. The van der Waals surface area contributed by atoms with Crippen LogP contribution in [0.5, 0.6) is 5.75 Å². The summed E-state index contributed by atoms with van der Waals surface area (Å²) in [6.07, 6.45) is 1.53. The highest BCUT2D eigenvalue weighted by Gasteiger charge is 2.47. The molecule has 0 amide bonds. The van der Waals surface area contributed by atoms with Gasteiger partial charge in [-0.25, -0.2) is 0 Å². The van der Waals surface area contributed by atoms with Crippen LogP contribution in [0.3, 0.4) is 0 Å². The van der Waals surface area contributed by atoms with Gasteiger partial charge in [-0.1, -0.05) is 15.9 Å². The van der Waals surface area contributed by atoms with Crippen LogP contribution in [0.15, 0.2) is 4.47 Å². The van der Waals surface area contributed by atoms with Crippen LogP contribution in [0.2, 0.25) is 0 Å². The van der Waals surface area contributed by atoms with E-state index >= 15 is 0 Å². The number of hydrogen-bond donors (Lipinski definition) is 1. The van der Waals surface area contributed by atoms with Crippen molar-refractivity contribution in [2.45, 2.75) is 39.2 Å². The van der Waals surface area contributed by atoms with Crippen molar-refractivity contribution in [1.29, 1.82) is 0 Å². The van der Waals surface area contributed by atoms with Gasteiger partial charge in [0.1, 0.15) is 5.75 Å². The number of rotatable bonds is 3. The molecule has 0 saturated heterocycles. The standard InChI is InChI=1S/C14H18BrNO2/c1-7-8(2)12(18-4)10(9(3)11(7)15)13(17)14(16)5-6-14/h5-6,16H2,1-4H3. The van der Waals surface area contributed by atoms with Crippen molar-refractivity contribution in [3.05, 3.63) is 26.7 Å². The van der Waals surface area contributed by atoms with Gasteiger partial charge in [0.2, 0.25) is 0 Å². The van der Waals surface area contributed by atoms with Crippen molar-refractivity contribution in [2.75, 3.05) is 7.11 Å². The Hall–Kier alpha value is -0.870. The average Bonchev–Trinajstić information content (AvgIpc) is 3.09. The molecule has 1 aliphatic rings. The molecule has 1 saturated carbocycles. The molecule has 3 nitrogen and oxygen atoms in total. The molecule has 0 aromatic heterocycles. The minimum atomic E-state index is -0.667. The molecule has 1 aromatic rings. The Bertz CT molecular complexity index is 533. The first-order valence-electron chi connectivity index (χ1n) is 6.00. The number of carbonyl (C=O) groups is 1. The van der Waals surface area contributed by atoms with E-state index < -0.39 is 5.54 Å². The number of ketones is 1. The van der Waals surface area contributed by atoms with Crippen LogP contribution in [0.4, 0.5) is 0 Å². The molecule has 18 heavy (non-hydrogen) atoms. The second kappa shape index (κ2) is 4.35. The van der Waals surface area contributed by atoms with Crippen molar-refractivity contribution >= 4 is 21.7 Å². The highest BCUT2D eigenvalue weighted by Crippen LogP contribution is 2.42. The molecule has 4 heteroatoms. The Balaban J connectivity index is 2.69. The van der Waals surface area contributed by atoms with E-state index in [-0.39, 0.29) is 5.78 Å². The van der Waals surface area contributed by atoms with Gasteiger partial charge in [0.25, 0.3) is 0 Å². The van der Waals surface area contributed by atoms with Gasteiger partial charge in [-0.3, -0.25) is 4.79 Å². The fraction of sp³-hybridized carbons (Fsp3) is 0.500. The minimum Gasteiger partial charge on any atom is -0.496 e. The van der Waals surface area contributed by atoms with Gasteiger partial charge in [-0.15, -0.1) is 0 Å². The van der Waals surface area contributed by atoms with Crippen LogP contribution < -0.4 is 10.5 Å². The highest BCUT2D eigenvalue weighted by atomic mass is 79.9. The van der Waals surface area contributed by atoms with E-state index in [4.69, 9.17) is 10.5 Å². The third-order valence-corrected chi connectivity index (χ3v) is 5.03. The SMILES string of the molecule is COc1c(C)c(C)c(Br)c(C)c1C(=O)C1(N)CC1. The van der Waals surface area contributed by atoms with Crippen molar-refractivity contribution in [3.8, 4) is 5.75 Å². The summed E-state index contributed by atoms with van der Waals surface area (Å²) in [5, 5.41) is 0. The predicted octanol–water partition coefficient (Wildman–Crippen LogP) is 3.06. The van der Waals surface area contributed by atoms with Crippen LogP contribution >= 0.6 is 15.9 Å². The summed E-state index contributed by atoms with van der Waals surface area (Å²) < 4.78 is 6.41. The molecule has 0 radical (unpaired) electrons. The lowest BCUT2D eigenvalue weighted by atomic mass is 9.92. The van der Waals surface area contributed by atoms with Gasteiger partial charge < -0.3 is 10.5 Å². The van der Waals surface area contributed by atoms with Gasteiger partial charge in [0, 0.05) is 4.47 Å². The Kier molecular flexibility index (Phi) is 3.28. The zero-order valence-electron chi connectivity index (χ0n) is 11.2. The molecular weight excluding hydrogens is 294 g/mol. The first-order valence-corrected chi connectivity index (χ1v) is 6.79. The van der Waals surface area contributed by atoms with E-state index in [0.29, 0.717) is 11.3 Å². The first-order chi connectivity index (χ1) is 8.33. The molecule has 0 bridgehead atoms. The highest BCUT2D eigenvalue weighted by molar-refractivity contribution is 9.10. The molecule has 0 atom stereocenters. The lowest BCUT2D eigenvalue weighted by molar-refractivity contribution is 0.0945. The summed E-state index contributed by atoms with van der Waals surface area (Å²) in [5.74, 6) is 0.663. The summed E-state index contributed by atoms with van der Waals surface area (Å²) in [4.78, 5) is 12.5. The van der Waals surface area contributed by atoms with Crippen LogP contribution in [-0.2, 0) is 0 Å². The lowest BCUT2D eigenvalue weighted by Crippen LogP contribution is -2.33. The second-order valence-corrected chi connectivity index (χ2v) is 5.88. The second-order valence-electron chi connectivity index (χ2n) is 5.08. The number of Topliss-reactive ketones (excluding diaryl/α,β-unsaturated/α-hetero) is 1. The summed E-state index contributed by atoms with van der Waals surface area (Å²) >= 11 is 3.55. The van der Waals surface area contributed by atoms with E-state index in [1.54, 1.807) is 7.11 Å². The summed E-state index contributed by atoms with van der Waals surface area (Å²) in [6, 6.07) is 0. The Labute approximate surface area is 116 Å². The number of carbonyl (C=O) groups excluding carboxylic acids is 1. The molecule has 1 aromatic carbocycles. The summed E-state index contributed by atoms with van der Waals surface area (Å²) in [5.41, 5.74) is 9.00. The van der Waals surface area contributed by atoms with Crippen LogP contribution in [-0.4, -0.2) is 18.4 Å². The molecule has 98 valence electrons. The predicted molar refractivity (Wildman–Crippen MR) is 75.4 cm³/mol. The van der Waals surface area contributed by atoms with E-state index in [0.717, 1.165) is 34.0 Å². The van der Waals surface area contributed by atoms with Crippen molar-refractivity contribution in [2.24, 2.45) is 5.73 Å². The zero-order valence-corrected chi connectivity index (χ0v) is 12.8. The average molecular weight is 312 g/mol. The van der Waals surface area contributed by atoms with Gasteiger partial charge in [-0.05, 0) is 50.3 Å². The first kappa shape index (κ1) is 13.6. The van der Waals surface area contributed by atoms with Crippen molar-refractivity contribution < 1.29 is 9.53 Å². The van der Waals surface area contributed by atoms with Gasteiger partial charge in [0.15, 0.2) is 5.78 Å². The minimum absolute atomic E-state index is 0.000602. The van der Waals surface area contributed by atoms with Gasteiger partial charge in [-0.2, -0.15) is 0 Å². The number of hydrogen-bond acceptors (Lipinski definition) is 3. The fourth-order valence-corrected chi connectivity index (χ4v) is 2.72. The molecule has 0 unspecified atom stereocenters. The number of ether oxygens (including phenoxy) is 1. The molecule has 1 aliphatic carbocycles. The van der Waals surface area contributed by atoms with Crippen LogP contribution in [0.25, 0.3) is 0 Å². The number of halogens is 1. The Morgan fingerprint density at radius 1 is 1.22 bits per heavy atom. The maximum Gasteiger partial charge on any atom is 0.186 e.